The van der Waals surface area contributed by atoms with Crippen molar-refractivity contribution in [3.63, 3.8) is 0 Å². The highest BCUT2D eigenvalue weighted by molar-refractivity contribution is 9.10. The van der Waals surface area contributed by atoms with Crippen LogP contribution in [0, 0.1) is 17.6 Å². The van der Waals surface area contributed by atoms with Gasteiger partial charge in [-0.1, -0.05) is 19.9 Å². The molecule has 0 bridgehead atoms. The summed E-state index contributed by atoms with van der Waals surface area (Å²) < 4.78 is 28.7. The van der Waals surface area contributed by atoms with Crippen molar-refractivity contribution >= 4 is 33.6 Å². The lowest BCUT2D eigenvalue weighted by Crippen LogP contribution is -2.56. The van der Waals surface area contributed by atoms with Gasteiger partial charge in [-0.3, -0.25) is 9.59 Å². The van der Waals surface area contributed by atoms with E-state index in [-0.39, 0.29) is 11.8 Å². The van der Waals surface area contributed by atoms with Crippen LogP contribution < -0.4 is 10.2 Å². The number of nitrogens with one attached hydrogen (secondary N) is 1. The Labute approximate surface area is 182 Å². The molecule has 0 unspecified atom stereocenters. The fourth-order valence-electron chi connectivity index (χ4n) is 3.35. The third-order valence-corrected chi connectivity index (χ3v) is 5.51. The Kier molecular flexibility index (Phi) is 7.02. The van der Waals surface area contributed by atoms with E-state index in [9.17, 15) is 18.4 Å². The van der Waals surface area contributed by atoms with Crippen LogP contribution in [0.25, 0.3) is 0 Å². The molecule has 30 heavy (non-hydrogen) atoms. The molecule has 2 amide bonds. The molecule has 3 rings (SSSR count). The van der Waals surface area contributed by atoms with Crippen molar-refractivity contribution in [2.75, 3.05) is 31.1 Å². The van der Waals surface area contributed by atoms with Crippen LogP contribution >= 0.6 is 15.9 Å². The molecule has 1 saturated heterocycles. The van der Waals surface area contributed by atoms with E-state index >= 15 is 0 Å². The molecule has 1 atom stereocenters. The summed E-state index contributed by atoms with van der Waals surface area (Å²) in [5.41, 5.74) is -0.679. The lowest BCUT2D eigenvalue weighted by molar-refractivity contribution is -0.134. The number of rotatable bonds is 5. The number of hydrogen-bond donors (Lipinski definition) is 1. The normalized spacial score (nSPS) is 15.3. The topological polar surface area (TPSA) is 65.5 Å². The summed E-state index contributed by atoms with van der Waals surface area (Å²) in [6.07, 6.45) is 1.72. The second kappa shape index (κ2) is 9.51. The molecule has 0 radical (unpaired) electrons. The number of amides is 2. The number of nitrogens with zero attached hydrogens (tertiary/aromatic N) is 3. The Morgan fingerprint density at radius 1 is 1.07 bits per heavy atom. The van der Waals surface area contributed by atoms with Gasteiger partial charge in [-0.05, 0) is 46.1 Å². The number of carbonyl (C=O) groups is 2. The van der Waals surface area contributed by atoms with Gasteiger partial charge >= 0.3 is 0 Å². The number of benzene rings is 1. The van der Waals surface area contributed by atoms with Crippen LogP contribution in [-0.4, -0.2) is 53.9 Å². The number of piperazine rings is 1. The van der Waals surface area contributed by atoms with Crippen molar-refractivity contribution in [3.8, 4) is 0 Å². The van der Waals surface area contributed by atoms with Crippen molar-refractivity contribution < 1.29 is 18.4 Å². The van der Waals surface area contributed by atoms with E-state index in [1.165, 1.54) is 6.07 Å². The number of hydrogen-bond acceptors (Lipinski definition) is 4. The van der Waals surface area contributed by atoms with E-state index in [1.54, 1.807) is 24.9 Å². The van der Waals surface area contributed by atoms with Gasteiger partial charge in [-0.25, -0.2) is 13.8 Å². The largest absolute Gasteiger partial charge is 0.353 e. The van der Waals surface area contributed by atoms with Gasteiger partial charge in [-0.2, -0.15) is 0 Å². The first-order valence-corrected chi connectivity index (χ1v) is 10.5. The van der Waals surface area contributed by atoms with E-state index in [2.05, 4.69) is 31.1 Å². The van der Waals surface area contributed by atoms with Crippen molar-refractivity contribution in [2.45, 2.75) is 19.9 Å². The van der Waals surface area contributed by atoms with Crippen molar-refractivity contribution in [2.24, 2.45) is 5.92 Å². The smallest absolute Gasteiger partial charge is 0.257 e. The minimum absolute atomic E-state index is 0.248. The zero-order chi connectivity index (χ0) is 21.8. The number of aromatic nitrogens is 1. The molecular formula is C21H23BrF2N4O2. The van der Waals surface area contributed by atoms with Gasteiger partial charge < -0.3 is 15.1 Å². The SMILES string of the molecule is CC(C)[C@H](NC(=O)c1c(F)cccc1F)C(=O)N1CCN(c2ccc(Br)cn2)CC1. The van der Waals surface area contributed by atoms with E-state index in [4.69, 9.17) is 0 Å². The zero-order valence-corrected chi connectivity index (χ0v) is 18.3. The molecule has 9 heteroatoms. The number of carbonyl (C=O) groups excluding carboxylic acids is 2. The van der Waals surface area contributed by atoms with Crippen LogP contribution in [-0.2, 0) is 4.79 Å². The molecule has 0 spiro atoms. The first-order chi connectivity index (χ1) is 14.3. The van der Waals surface area contributed by atoms with Crippen molar-refractivity contribution in [1.29, 1.82) is 0 Å². The Morgan fingerprint density at radius 3 is 2.23 bits per heavy atom. The molecule has 1 aliphatic rings. The molecule has 6 nitrogen and oxygen atoms in total. The highest BCUT2D eigenvalue weighted by atomic mass is 79.9. The first-order valence-electron chi connectivity index (χ1n) is 9.68. The van der Waals surface area contributed by atoms with E-state index in [0.29, 0.717) is 26.2 Å². The second-order valence-corrected chi connectivity index (χ2v) is 8.35. The van der Waals surface area contributed by atoms with Gasteiger partial charge in [0.05, 0.1) is 0 Å². The Morgan fingerprint density at radius 2 is 1.70 bits per heavy atom. The standard InChI is InChI=1S/C21H23BrF2N4O2/c1-13(2)19(26-20(29)18-15(23)4-3-5-16(18)24)21(30)28-10-8-27(9-11-28)17-7-6-14(22)12-25-17/h3-7,12-13,19H,8-11H2,1-2H3,(H,26,29)/t19-/m0/s1. The lowest BCUT2D eigenvalue weighted by Gasteiger charge is -2.37. The maximum atomic E-state index is 13.9. The minimum Gasteiger partial charge on any atom is -0.353 e. The second-order valence-electron chi connectivity index (χ2n) is 7.44. The monoisotopic (exact) mass is 480 g/mol. The molecule has 0 saturated carbocycles. The van der Waals surface area contributed by atoms with Gasteiger partial charge in [0.2, 0.25) is 5.91 Å². The molecule has 1 N–H and O–H groups in total. The van der Waals surface area contributed by atoms with Crippen LogP contribution in [0.4, 0.5) is 14.6 Å². The van der Waals surface area contributed by atoms with Gasteiger partial charge in [0.25, 0.3) is 5.91 Å². The number of anilines is 1. The molecule has 160 valence electrons. The van der Waals surface area contributed by atoms with Crippen LogP contribution in [0.2, 0.25) is 0 Å². The molecule has 1 fully saturated rings. The summed E-state index contributed by atoms with van der Waals surface area (Å²) in [6.45, 7) is 5.68. The highest BCUT2D eigenvalue weighted by Crippen LogP contribution is 2.18. The summed E-state index contributed by atoms with van der Waals surface area (Å²) in [7, 11) is 0. The van der Waals surface area contributed by atoms with Gasteiger partial charge in [0.1, 0.15) is 29.1 Å². The van der Waals surface area contributed by atoms with E-state index < -0.39 is 29.1 Å². The van der Waals surface area contributed by atoms with Gasteiger partial charge in [0.15, 0.2) is 0 Å². The quantitative estimate of drug-likeness (QED) is 0.713. The molecular weight excluding hydrogens is 458 g/mol. The minimum atomic E-state index is -0.960. The average molecular weight is 481 g/mol. The van der Waals surface area contributed by atoms with Gasteiger partial charge in [0, 0.05) is 36.8 Å². The van der Waals surface area contributed by atoms with Crippen LogP contribution in [0.1, 0.15) is 24.2 Å². The average Bonchev–Trinajstić information content (AvgIpc) is 2.72. The molecule has 1 aromatic heterocycles. The van der Waals surface area contributed by atoms with Crippen LogP contribution in [0.3, 0.4) is 0 Å². The highest BCUT2D eigenvalue weighted by Gasteiger charge is 2.32. The third kappa shape index (κ3) is 4.95. The predicted octanol–water partition coefficient (Wildman–Crippen LogP) is 3.23. The summed E-state index contributed by atoms with van der Waals surface area (Å²) in [5.74, 6) is -2.54. The predicted molar refractivity (Wildman–Crippen MR) is 113 cm³/mol. The fraction of sp³-hybridized carbons (Fsp3) is 0.381. The summed E-state index contributed by atoms with van der Waals surface area (Å²) in [5, 5.41) is 2.52. The zero-order valence-electron chi connectivity index (χ0n) is 16.7. The Bertz CT molecular complexity index is 895. The Hall–Kier alpha value is -2.55. The number of halogens is 3. The Balaban J connectivity index is 1.66. The van der Waals surface area contributed by atoms with E-state index in [1.807, 2.05) is 12.1 Å². The van der Waals surface area contributed by atoms with Crippen molar-refractivity contribution in [3.05, 3.63) is 58.2 Å². The van der Waals surface area contributed by atoms with Gasteiger partial charge in [-0.15, -0.1) is 0 Å². The maximum Gasteiger partial charge on any atom is 0.257 e. The summed E-state index contributed by atoms with van der Waals surface area (Å²) in [6, 6.07) is 6.15. The molecule has 2 aromatic rings. The maximum absolute atomic E-state index is 13.9. The molecule has 2 heterocycles. The van der Waals surface area contributed by atoms with Crippen LogP contribution in [0.5, 0.6) is 0 Å². The molecule has 1 aromatic carbocycles. The van der Waals surface area contributed by atoms with Crippen molar-refractivity contribution in [1.82, 2.24) is 15.2 Å². The van der Waals surface area contributed by atoms with Crippen LogP contribution in [0.15, 0.2) is 41.0 Å². The number of pyridine rings is 1. The first kappa shape index (κ1) is 22.1. The summed E-state index contributed by atoms with van der Waals surface area (Å²) in [4.78, 5) is 33.6. The molecule has 0 aliphatic carbocycles. The third-order valence-electron chi connectivity index (χ3n) is 5.04. The fourth-order valence-corrected chi connectivity index (χ4v) is 3.58. The molecule has 1 aliphatic heterocycles. The summed E-state index contributed by atoms with van der Waals surface area (Å²) >= 11 is 3.36. The lowest BCUT2D eigenvalue weighted by atomic mass is 10.0. The van der Waals surface area contributed by atoms with E-state index in [0.717, 1.165) is 22.4 Å².